The summed E-state index contributed by atoms with van der Waals surface area (Å²) in [6.07, 6.45) is 5.43. The van der Waals surface area contributed by atoms with Crippen LogP contribution in [-0.4, -0.2) is 83.9 Å². The SMILES string of the molecule is CCN1CCCC(C(=O)N2CCN(CC(=O)Nc3cccnc3)CC2)C1. The smallest absolute Gasteiger partial charge is 0.238 e. The molecule has 0 aliphatic carbocycles. The highest BCUT2D eigenvalue weighted by Gasteiger charge is 2.30. The lowest BCUT2D eigenvalue weighted by Crippen LogP contribution is -2.53. The molecule has 2 fully saturated rings. The topological polar surface area (TPSA) is 68.8 Å². The molecule has 3 rings (SSSR count). The molecule has 142 valence electrons. The molecule has 0 bridgehead atoms. The van der Waals surface area contributed by atoms with Crippen molar-refractivity contribution in [3.05, 3.63) is 24.5 Å². The van der Waals surface area contributed by atoms with Crippen LogP contribution < -0.4 is 5.32 Å². The van der Waals surface area contributed by atoms with Crippen LogP contribution in [0.2, 0.25) is 0 Å². The molecule has 1 N–H and O–H groups in total. The van der Waals surface area contributed by atoms with Crippen LogP contribution in [-0.2, 0) is 9.59 Å². The number of rotatable bonds is 5. The van der Waals surface area contributed by atoms with Gasteiger partial charge >= 0.3 is 0 Å². The van der Waals surface area contributed by atoms with Crippen molar-refractivity contribution in [3.8, 4) is 0 Å². The highest BCUT2D eigenvalue weighted by molar-refractivity contribution is 5.92. The molecule has 7 heteroatoms. The van der Waals surface area contributed by atoms with Crippen molar-refractivity contribution in [3.63, 3.8) is 0 Å². The van der Waals surface area contributed by atoms with Gasteiger partial charge in [-0.05, 0) is 38.1 Å². The quantitative estimate of drug-likeness (QED) is 0.846. The maximum atomic E-state index is 12.8. The Kier molecular flexibility index (Phi) is 6.57. The molecule has 2 saturated heterocycles. The lowest BCUT2D eigenvalue weighted by molar-refractivity contribution is -0.139. The second kappa shape index (κ2) is 9.09. The normalized spacial score (nSPS) is 22.2. The monoisotopic (exact) mass is 359 g/mol. The highest BCUT2D eigenvalue weighted by Crippen LogP contribution is 2.19. The fraction of sp³-hybridized carbons (Fsp3) is 0.632. The van der Waals surface area contributed by atoms with E-state index >= 15 is 0 Å². The van der Waals surface area contributed by atoms with Crippen molar-refractivity contribution in [2.75, 3.05) is 57.7 Å². The number of carbonyl (C=O) groups excluding carboxylic acids is 2. The van der Waals surface area contributed by atoms with Gasteiger partial charge in [0.15, 0.2) is 0 Å². The van der Waals surface area contributed by atoms with E-state index in [2.05, 4.69) is 27.0 Å². The van der Waals surface area contributed by atoms with Crippen molar-refractivity contribution < 1.29 is 9.59 Å². The molecule has 2 aliphatic rings. The number of nitrogens with one attached hydrogen (secondary N) is 1. The zero-order valence-electron chi connectivity index (χ0n) is 15.6. The maximum absolute atomic E-state index is 12.8. The second-order valence-corrected chi connectivity index (χ2v) is 7.12. The van der Waals surface area contributed by atoms with E-state index in [4.69, 9.17) is 0 Å². The predicted molar refractivity (Wildman–Crippen MR) is 101 cm³/mol. The van der Waals surface area contributed by atoms with Crippen LogP contribution in [0.3, 0.4) is 0 Å². The number of pyridine rings is 1. The summed E-state index contributed by atoms with van der Waals surface area (Å²) in [6.45, 7) is 8.44. The van der Waals surface area contributed by atoms with Gasteiger partial charge in [-0.3, -0.25) is 19.5 Å². The van der Waals surface area contributed by atoms with Crippen molar-refractivity contribution in [2.45, 2.75) is 19.8 Å². The minimum atomic E-state index is -0.0383. The summed E-state index contributed by atoms with van der Waals surface area (Å²) in [5.74, 6) is 0.399. The fourth-order valence-electron chi connectivity index (χ4n) is 3.77. The van der Waals surface area contributed by atoms with Crippen LogP contribution in [0, 0.1) is 5.92 Å². The van der Waals surface area contributed by atoms with Crippen molar-refractivity contribution in [1.29, 1.82) is 0 Å². The van der Waals surface area contributed by atoms with Gasteiger partial charge in [0.25, 0.3) is 0 Å². The van der Waals surface area contributed by atoms with Crippen molar-refractivity contribution in [1.82, 2.24) is 19.7 Å². The van der Waals surface area contributed by atoms with E-state index in [1.54, 1.807) is 18.5 Å². The molecule has 1 atom stereocenters. The predicted octanol–water partition coefficient (Wildman–Crippen LogP) is 0.896. The molecule has 0 aromatic carbocycles. The van der Waals surface area contributed by atoms with Crippen LogP contribution in [0.1, 0.15) is 19.8 Å². The number of nitrogens with zero attached hydrogens (tertiary/aromatic N) is 4. The zero-order chi connectivity index (χ0) is 18.4. The van der Waals surface area contributed by atoms with Crippen LogP contribution in [0.15, 0.2) is 24.5 Å². The molecule has 2 amide bonds. The Morgan fingerprint density at radius 2 is 2.00 bits per heavy atom. The number of amides is 2. The van der Waals surface area contributed by atoms with Gasteiger partial charge in [0.1, 0.15) is 0 Å². The van der Waals surface area contributed by atoms with Gasteiger partial charge in [-0.25, -0.2) is 0 Å². The maximum Gasteiger partial charge on any atom is 0.238 e. The van der Waals surface area contributed by atoms with Crippen molar-refractivity contribution in [2.24, 2.45) is 5.92 Å². The molecule has 1 aromatic rings. The Morgan fingerprint density at radius 1 is 1.19 bits per heavy atom. The Balaban J connectivity index is 1.42. The number of likely N-dealkylation sites (tertiary alicyclic amines) is 1. The number of carbonyl (C=O) groups is 2. The van der Waals surface area contributed by atoms with Crippen LogP contribution in [0.25, 0.3) is 0 Å². The number of anilines is 1. The van der Waals surface area contributed by atoms with E-state index in [9.17, 15) is 9.59 Å². The van der Waals surface area contributed by atoms with Gasteiger partial charge in [0.2, 0.25) is 11.8 Å². The number of piperidine rings is 1. The summed E-state index contributed by atoms with van der Waals surface area (Å²) >= 11 is 0. The molecule has 2 aliphatic heterocycles. The average molecular weight is 359 g/mol. The number of hydrogen-bond acceptors (Lipinski definition) is 5. The Labute approximate surface area is 155 Å². The van der Waals surface area contributed by atoms with Gasteiger partial charge in [0.05, 0.1) is 24.3 Å². The Morgan fingerprint density at radius 3 is 2.69 bits per heavy atom. The number of piperazine rings is 1. The Bertz CT molecular complexity index is 601. The molecule has 7 nitrogen and oxygen atoms in total. The first kappa shape index (κ1) is 18.8. The summed E-state index contributed by atoms with van der Waals surface area (Å²) < 4.78 is 0. The average Bonchev–Trinajstić information content (AvgIpc) is 2.69. The second-order valence-electron chi connectivity index (χ2n) is 7.12. The first-order valence-corrected chi connectivity index (χ1v) is 9.59. The zero-order valence-corrected chi connectivity index (χ0v) is 15.6. The Hall–Kier alpha value is -1.99. The van der Waals surface area contributed by atoms with E-state index in [-0.39, 0.29) is 11.8 Å². The largest absolute Gasteiger partial charge is 0.340 e. The lowest BCUT2D eigenvalue weighted by atomic mass is 9.96. The van der Waals surface area contributed by atoms with Gasteiger partial charge in [-0.1, -0.05) is 6.92 Å². The third-order valence-corrected chi connectivity index (χ3v) is 5.30. The first-order chi connectivity index (χ1) is 12.7. The van der Waals surface area contributed by atoms with Crippen LogP contribution >= 0.6 is 0 Å². The van der Waals surface area contributed by atoms with Crippen LogP contribution in [0.5, 0.6) is 0 Å². The minimum Gasteiger partial charge on any atom is -0.340 e. The lowest BCUT2D eigenvalue weighted by Gasteiger charge is -2.38. The summed E-state index contributed by atoms with van der Waals surface area (Å²) in [5.41, 5.74) is 0.712. The summed E-state index contributed by atoms with van der Waals surface area (Å²) in [4.78, 5) is 35.4. The molecule has 1 aromatic heterocycles. The minimum absolute atomic E-state index is 0.0383. The standard InChI is InChI=1S/C19H29N5O2/c1-2-22-8-4-5-16(14-22)19(26)24-11-9-23(10-12-24)15-18(25)21-17-6-3-7-20-13-17/h3,6-7,13,16H,2,4-5,8-12,14-15H2,1H3,(H,21,25). The van der Waals surface area contributed by atoms with E-state index in [0.717, 1.165) is 45.6 Å². The third-order valence-electron chi connectivity index (χ3n) is 5.30. The van der Waals surface area contributed by atoms with Crippen LogP contribution in [0.4, 0.5) is 5.69 Å². The molecular weight excluding hydrogens is 330 g/mol. The fourth-order valence-corrected chi connectivity index (χ4v) is 3.77. The van der Waals surface area contributed by atoms with Gasteiger partial charge in [0, 0.05) is 38.9 Å². The summed E-state index contributed by atoms with van der Waals surface area (Å²) in [6, 6.07) is 3.62. The molecule has 3 heterocycles. The molecule has 26 heavy (non-hydrogen) atoms. The first-order valence-electron chi connectivity index (χ1n) is 9.59. The van der Waals surface area contributed by atoms with E-state index in [0.29, 0.717) is 31.2 Å². The molecule has 0 radical (unpaired) electrons. The third kappa shape index (κ3) is 5.02. The van der Waals surface area contributed by atoms with E-state index in [1.165, 1.54) is 0 Å². The molecular formula is C19H29N5O2. The number of aromatic nitrogens is 1. The molecule has 0 spiro atoms. The van der Waals surface area contributed by atoms with Gasteiger partial charge < -0.3 is 15.1 Å². The molecule has 0 saturated carbocycles. The summed E-state index contributed by atoms with van der Waals surface area (Å²) in [5, 5.41) is 2.86. The number of hydrogen-bond donors (Lipinski definition) is 1. The summed E-state index contributed by atoms with van der Waals surface area (Å²) in [7, 11) is 0. The van der Waals surface area contributed by atoms with E-state index in [1.807, 2.05) is 11.0 Å². The van der Waals surface area contributed by atoms with Gasteiger partial charge in [-0.2, -0.15) is 0 Å². The highest BCUT2D eigenvalue weighted by atomic mass is 16.2. The molecule has 1 unspecified atom stereocenters. The van der Waals surface area contributed by atoms with Gasteiger partial charge in [-0.15, -0.1) is 0 Å². The van der Waals surface area contributed by atoms with Crippen molar-refractivity contribution >= 4 is 17.5 Å². The van der Waals surface area contributed by atoms with E-state index < -0.39 is 0 Å².